The molecule has 0 aromatic carbocycles. The topological polar surface area (TPSA) is 69.4 Å². The Hall–Kier alpha value is -1.83. The number of allylic oxidation sites excluding steroid dienone is 1. The molecule has 0 unspecified atom stereocenters. The number of hydrogen-bond acceptors (Lipinski definition) is 4. The van der Waals surface area contributed by atoms with Gasteiger partial charge in [0.05, 0.1) is 0 Å². The van der Waals surface area contributed by atoms with Gasteiger partial charge in [0.1, 0.15) is 0 Å². The minimum Gasteiger partial charge on any atom is -0.295 e. The van der Waals surface area contributed by atoms with E-state index in [0.29, 0.717) is 36.5 Å². The number of nitrogens with zero attached hydrogens (tertiary/aromatic N) is 1. The molecule has 4 rings (SSSR count). The van der Waals surface area contributed by atoms with Crippen LogP contribution in [0, 0.1) is 51.5 Å². The van der Waals surface area contributed by atoms with Crippen molar-refractivity contribution in [3.63, 3.8) is 0 Å². The molecule has 4 aliphatic carbocycles. The van der Waals surface area contributed by atoms with E-state index in [0.717, 1.165) is 38.5 Å². The highest BCUT2D eigenvalue weighted by molar-refractivity contribution is 5.91. The molecule has 5 heteroatoms. The fraction of sp³-hybridized carbons (Fsp3) is 0.750. The van der Waals surface area contributed by atoms with Gasteiger partial charge in [-0.25, -0.2) is 0 Å². The smallest absolute Gasteiger partial charge is 0.295 e. The standard InChI is InChI=1S/C20H25NO4/c1-3-20(25-21(23)24)11-9-18-17-6-4-13-12-14(22)5-7-15(13)16(17)8-10-19(18,20)2/h1,12,15-18H,4-11H2,2H3/t15-,16+,17+,18-,19-,20-/m0/s1. The summed E-state index contributed by atoms with van der Waals surface area (Å²) in [7, 11) is 0. The first-order chi connectivity index (χ1) is 11.9. The van der Waals surface area contributed by atoms with E-state index in [1.807, 2.05) is 6.08 Å². The summed E-state index contributed by atoms with van der Waals surface area (Å²) < 4.78 is 0. The lowest BCUT2D eigenvalue weighted by atomic mass is 9.50. The van der Waals surface area contributed by atoms with Crippen molar-refractivity contribution in [2.24, 2.45) is 29.1 Å². The zero-order valence-corrected chi connectivity index (χ0v) is 14.7. The number of terminal acetylenes is 1. The van der Waals surface area contributed by atoms with Gasteiger partial charge in [-0.15, -0.1) is 16.5 Å². The van der Waals surface area contributed by atoms with E-state index in [-0.39, 0.29) is 11.2 Å². The average Bonchev–Trinajstić information content (AvgIpc) is 2.87. The van der Waals surface area contributed by atoms with Crippen molar-refractivity contribution in [1.29, 1.82) is 0 Å². The summed E-state index contributed by atoms with van der Waals surface area (Å²) >= 11 is 0. The predicted molar refractivity (Wildman–Crippen MR) is 91.7 cm³/mol. The third-order valence-corrected chi connectivity index (χ3v) is 7.88. The molecule has 0 saturated heterocycles. The number of carbonyl (C=O) groups is 1. The van der Waals surface area contributed by atoms with E-state index in [9.17, 15) is 14.9 Å². The molecule has 0 aliphatic heterocycles. The number of rotatable bonds is 2. The summed E-state index contributed by atoms with van der Waals surface area (Å²) in [5.41, 5.74) is -0.0595. The molecule has 3 fully saturated rings. The lowest BCUT2D eigenvalue weighted by Gasteiger charge is -2.55. The van der Waals surface area contributed by atoms with Crippen LogP contribution in [-0.4, -0.2) is 16.5 Å². The quantitative estimate of drug-likeness (QED) is 0.435. The van der Waals surface area contributed by atoms with Crippen LogP contribution in [0.1, 0.15) is 58.3 Å². The van der Waals surface area contributed by atoms with Crippen LogP contribution < -0.4 is 0 Å². The molecule has 0 bridgehead atoms. The molecule has 0 aromatic heterocycles. The van der Waals surface area contributed by atoms with Gasteiger partial charge in [0.2, 0.25) is 0 Å². The first kappa shape index (κ1) is 16.6. The lowest BCUT2D eigenvalue weighted by molar-refractivity contribution is -0.781. The van der Waals surface area contributed by atoms with Gasteiger partial charge in [0.15, 0.2) is 11.4 Å². The normalized spacial score (nSPS) is 45.4. The summed E-state index contributed by atoms with van der Waals surface area (Å²) in [6, 6.07) is 0. The molecule has 134 valence electrons. The first-order valence-corrected chi connectivity index (χ1v) is 9.45. The highest BCUT2D eigenvalue weighted by Gasteiger charge is 2.64. The Bertz CT molecular complexity index is 692. The van der Waals surface area contributed by atoms with Crippen molar-refractivity contribution in [2.45, 2.75) is 63.9 Å². The molecule has 0 heterocycles. The van der Waals surface area contributed by atoms with Crippen molar-refractivity contribution in [2.75, 3.05) is 0 Å². The molecule has 0 amide bonds. The predicted octanol–water partition coefficient (Wildman–Crippen LogP) is 3.71. The molecule has 0 spiro atoms. The van der Waals surface area contributed by atoms with Gasteiger partial charge < -0.3 is 0 Å². The van der Waals surface area contributed by atoms with Crippen molar-refractivity contribution >= 4 is 5.78 Å². The van der Waals surface area contributed by atoms with Gasteiger partial charge in [-0.2, -0.15) is 0 Å². The monoisotopic (exact) mass is 343 g/mol. The Morgan fingerprint density at radius 1 is 1.24 bits per heavy atom. The fourth-order valence-corrected chi connectivity index (χ4v) is 6.72. The minimum atomic E-state index is -1.08. The molecule has 6 atom stereocenters. The van der Waals surface area contributed by atoms with Crippen molar-refractivity contribution < 1.29 is 14.7 Å². The van der Waals surface area contributed by atoms with Gasteiger partial charge in [-0.1, -0.05) is 18.4 Å². The van der Waals surface area contributed by atoms with Gasteiger partial charge in [-0.3, -0.25) is 9.63 Å². The van der Waals surface area contributed by atoms with Crippen LogP contribution in [0.25, 0.3) is 0 Å². The number of carbonyl (C=O) groups excluding carboxylic acids is 1. The van der Waals surface area contributed by atoms with Crippen LogP contribution in [0.5, 0.6) is 0 Å². The molecule has 0 N–H and O–H groups in total. The van der Waals surface area contributed by atoms with E-state index in [1.54, 1.807) is 0 Å². The minimum absolute atomic E-state index is 0.275. The molecule has 4 aliphatic rings. The van der Waals surface area contributed by atoms with Gasteiger partial charge in [-0.05, 0) is 74.7 Å². The summed E-state index contributed by atoms with van der Waals surface area (Å²) in [5.74, 6) is 5.00. The molecule has 0 aromatic rings. The molecular formula is C20H25NO4. The van der Waals surface area contributed by atoms with Crippen LogP contribution in [0.2, 0.25) is 0 Å². The van der Waals surface area contributed by atoms with E-state index < -0.39 is 10.7 Å². The highest BCUT2D eigenvalue weighted by atomic mass is 17.0. The molecule has 3 saturated carbocycles. The van der Waals surface area contributed by atoms with Crippen LogP contribution in [-0.2, 0) is 9.63 Å². The summed E-state index contributed by atoms with van der Waals surface area (Å²) in [6.45, 7) is 2.11. The molecule has 0 radical (unpaired) electrons. The summed E-state index contributed by atoms with van der Waals surface area (Å²) in [4.78, 5) is 28.0. The Morgan fingerprint density at radius 3 is 2.76 bits per heavy atom. The van der Waals surface area contributed by atoms with Crippen LogP contribution >= 0.6 is 0 Å². The van der Waals surface area contributed by atoms with E-state index in [4.69, 9.17) is 11.3 Å². The first-order valence-electron chi connectivity index (χ1n) is 9.45. The third kappa shape index (κ3) is 2.26. The van der Waals surface area contributed by atoms with Crippen molar-refractivity contribution in [3.05, 3.63) is 21.8 Å². The Kier molecular flexibility index (Phi) is 3.72. The van der Waals surface area contributed by atoms with Crippen LogP contribution in [0.4, 0.5) is 0 Å². The second-order valence-corrected chi connectivity index (χ2v) is 8.58. The SMILES string of the molecule is C#C[C@]1(O[N+](=O)[O-])CC[C@H]2[C@@H]3CCC4=CC(=O)CC[C@@H]4[C@H]3CC[C@@]21C. The van der Waals surface area contributed by atoms with E-state index in [1.165, 1.54) is 5.57 Å². The Labute approximate surface area is 148 Å². The maximum absolute atomic E-state index is 11.8. The van der Waals surface area contributed by atoms with Crippen LogP contribution in [0.15, 0.2) is 11.6 Å². The Balaban J connectivity index is 1.64. The fourth-order valence-electron chi connectivity index (χ4n) is 6.72. The Morgan fingerprint density at radius 2 is 2.04 bits per heavy atom. The second kappa shape index (κ2) is 5.59. The molecular weight excluding hydrogens is 318 g/mol. The largest absolute Gasteiger partial charge is 0.296 e. The maximum atomic E-state index is 11.8. The number of ketones is 1. The van der Waals surface area contributed by atoms with E-state index in [2.05, 4.69) is 12.8 Å². The zero-order valence-electron chi connectivity index (χ0n) is 14.7. The molecule has 5 nitrogen and oxygen atoms in total. The van der Waals surface area contributed by atoms with Crippen LogP contribution in [0.3, 0.4) is 0 Å². The van der Waals surface area contributed by atoms with E-state index >= 15 is 0 Å². The van der Waals surface area contributed by atoms with Gasteiger partial charge in [0, 0.05) is 11.8 Å². The maximum Gasteiger partial charge on any atom is 0.296 e. The average molecular weight is 343 g/mol. The summed E-state index contributed by atoms with van der Waals surface area (Å²) in [6.07, 6.45) is 14.7. The number of fused-ring (bicyclic) bond motifs is 5. The second-order valence-electron chi connectivity index (χ2n) is 8.58. The third-order valence-electron chi connectivity index (χ3n) is 7.88. The zero-order chi connectivity index (χ0) is 17.8. The lowest BCUT2D eigenvalue weighted by Crippen LogP contribution is -2.53. The highest BCUT2D eigenvalue weighted by Crippen LogP contribution is 2.65. The molecule has 25 heavy (non-hydrogen) atoms. The van der Waals surface area contributed by atoms with Gasteiger partial charge >= 0.3 is 0 Å². The van der Waals surface area contributed by atoms with Crippen molar-refractivity contribution in [3.8, 4) is 12.3 Å². The van der Waals surface area contributed by atoms with Crippen molar-refractivity contribution in [1.82, 2.24) is 0 Å². The van der Waals surface area contributed by atoms with Gasteiger partial charge in [0.25, 0.3) is 5.09 Å². The number of hydrogen-bond donors (Lipinski definition) is 0. The summed E-state index contributed by atoms with van der Waals surface area (Å²) in [5, 5.41) is 10.4.